The zero-order valence-electron chi connectivity index (χ0n) is 16.2. The summed E-state index contributed by atoms with van der Waals surface area (Å²) in [5.41, 5.74) is 1.34. The average Bonchev–Trinajstić information content (AvgIpc) is 3.14. The molecule has 0 unspecified atom stereocenters. The SMILES string of the molecule is CCOc1ccc(/C=C(\C#N)C(=O)Nc2nc3ccc(OC)cc3s2)cc1OC. The Kier molecular flexibility index (Phi) is 6.32. The van der Waals surface area contributed by atoms with E-state index < -0.39 is 5.91 Å². The predicted molar refractivity (Wildman–Crippen MR) is 113 cm³/mol. The van der Waals surface area contributed by atoms with Crippen molar-refractivity contribution < 1.29 is 19.0 Å². The van der Waals surface area contributed by atoms with Gasteiger partial charge >= 0.3 is 0 Å². The maximum absolute atomic E-state index is 12.6. The van der Waals surface area contributed by atoms with Crippen molar-refractivity contribution in [3.05, 3.63) is 47.5 Å². The minimum Gasteiger partial charge on any atom is -0.497 e. The van der Waals surface area contributed by atoms with Crippen molar-refractivity contribution >= 4 is 38.7 Å². The van der Waals surface area contributed by atoms with Gasteiger partial charge in [0.25, 0.3) is 5.91 Å². The summed E-state index contributed by atoms with van der Waals surface area (Å²) in [6, 6.07) is 12.6. The van der Waals surface area contributed by atoms with Crippen LogP contribution in [0, 0.1) is 11.3 Å². The normalized spacial score (nSPS) is 11.0. The van der Waals surface area contributed by atoms with E-state index in [9.17, 15) is 10.1 Å². The number of anilines is 1. The highest BCUT2D eigenvalue weighted by molar-refractivity contribution is 7.22. The number of hydrogen-bond acceptors (Lipinski definition) is 7. The van der Waals surface area contributed by atoms with Crippen LogP contribution in [-0.2, 0) is 4.79 Å². The van der Waals surface area contributed by atoms with E-state index in [0.29, 0.717) is 34.6 Å². The zero-order valence-corrected chi connectivity index (χ0v) is 17.0. The van der Waals surface area contributed by atoms with Gasteiger partial charge in [0.1, 0.15) is 17.4 Å². The highest BCUT2D eigenvalue weighted by atomic mass is 32.1. The van der Waals surface area contributed by atoms with Crippen molar-refractivity contribution in [3.8, 4) is 23.3 Å². The summed E-state index contributed by atoms with van der Waals surface area (Å²) in [5.74, 6) is 1.30. The molecule has 1 amide bonds. The van der Waals surface area contributed by atoms with E-state index in [1.165, 1.54) is 24.5 Å². The van der Waals surface area contributed by atoms with Crippen molar-refractivity contribution in [1.82, 2.24) is 4.98 Å². The van der Waals surface area contributed by atoms with Crippen LogP contribution in [0.3, 0.4) is 0 Å². The van der Waals surface area contributed by atoms with Crippen LogP contribution in [0.1, 0.15) is 12.5 Å². The van der Waals surface area contributed by atoms with Crippen LogP contribution in [0.4, 0.5) is 5.13 Å². The first kappa shape index (κ1) is 20.2. The molecule has 3 rings (SSSR count). The van der Waals surface area contributed by atoms with Gasteiger partial charge in [0.15, 0.2) is 16.6 Å². The summed E-state index contributed by atoms with van der Waals surface area (Å²) in [6.07, 6.45) is 1.49. The molecule has 3 aromatic rings. The standard InChI is InChI=1S/C21H19N3O4S/c1-4-28-17-8-5-13(10-18(17)27-3)9-14(12-22)20(25)24-21-23-16-7-6-15(26-2)11-19(16)29-21/h5-11H,4H2,1-3H3,(H,23,24,25)/b14-9+. The van der Waals surface area contributed by atoms with Gasteiger partial charge in [-0.2, -0.15) is 5.26 Å². The molecule has 0 saturated carbocycles. The van der Waals surface area contributed by atoms with Crippen molar-refractivity contribution in [2.75, 3.05) is 26.1 Å². The third-order valence-electron chi connectivity index (χ3n) is 3.98. The number of carbonyl (C=O) groups excluding carboxylic acids is 1. The quantitative estimate of drug-likeness (QED) is 0.463. The monoisotopic (exact) mass is 409 g/mol. The fraction of sp³-hybridized carbons (Fsp3) is 0.190. The van der Waals surface area contributed by atoms with Crippen LogP contribution in [0.25, 0.3) is 16.3 Å². The Hall–Kier alpha value is -3.57. The smallest absolute Gasteiger partial charge is 0.268 e. The van der Waals surface area contributed by atoms with Gasteiger partial charge in [-0.3, -0.25) is 10.1 Å². The van der Waals surface area contributed by atoms with Crippen LogP contribution in [0.2, 0.25) is 0 Å². The Morgan fingerprint density at radius 3 is 2.72 bits per heavy atom. The number of aromatic nitrogens is 1. The number of fused-ring (bicyclic) bond motifs is 1. The maximum Gasteiger partial charge on any atom is 0.268 e. The highest BCUT2D eigenvalue weighted by Gasteiger charge is 2.14. The molecule has 1 aromatic heterocycles. The summed E-state index contributed by atoms with van der Waals surface area (Å²) in [6.45, 7) is 2.38. The molecule has 0 aliphatic rings. The molecule has 0 spiro atoms. The third-order valence-corrected chi connectivity index (χ3v) is 4.91. The Morgan fingerprint density at radius 2 is 2.03 bits per heavy atom. The Balaban J connectivity index is 1.82. The van der Waals surface area contributed by atoms with Crippen molar-refractivity contribution in [2.24, 2.45) is 0 Å². The van der Waals surface area contributed by atoms with Gasteiger partial charge in [0.05, 0.1) is 31.0 Å². The number of rotatable bonds is 7. The van der Waals surface area contributed by atoms with Crippen molar-refractivity contribution in [3.63, 3.8) is 0 Å². The van der Waals surface area contributed by atoms with E-state index in [4.69, 9.17) is 14.2 Å². The van der Waals surface area contributed by atoms with Crippen LogP contribution in [0.5, 0.6) is 17.2 Å². The summed E-state index contributed by atoms with van der Waals surface area (Å²) < 4.78 is 16.9. The second-order valence-electron chi connectivity index (χ2n) is 5.82. The summed E-state index contributed by atoms with van der Waals surface area (Å²) in [7, 11) is 3.12. The van der Waals surface area contributed by atoms with Gasteiger partial charge in [0, 0.05) is 0 Å². The van der Waals surface area contributed by atoms with Gasteiger partial charge in [-0.25, -0.2) is 4.98 Å². The molecule has 0 radical (unpaired) electrons. The first-order chi connectivity index (χ1) is 14.1. The van der Waals surface area contributed by atoms with E-state index in [-0.39, 0.29) is 5.57 Å². The highest BCUT2D eigenvalue weighted by Crippen LogP contribution is 2.30. The lowest BCUT2D eigenvalue weighted by Gasteiger charge is -2.09. The van der Waals surface area contributed by atoms with Crippen LogP contribution < -0.4 is 19.5 Å². The molecule has 7 nitrogen and oxygen atoms in total. The molecular weight excluding hydrogens is 390 g/mol. The molecule has 1 heterocycles. The van der Waals surface area contributed by atoms with Gasteiger partial charge in [-0.15, -0.1) is 0 Å². The van der Waals surface area contributed by atoms with Gasteiger partial charge in [0.2, 0.25) is 0 Å². The van der Waals surface area contributed by atoms with Crippen LogP contribution >= 0.6 is 11.3 Å². The zero-order chi connectivity index (χ0) is 20.8. The number of nitrogens with one attached hydrogen (secondary N) is 1. The van der Waals surface area contributed by atoms with E-state index >= 15 is 0 Å². The molecule has 1 N–H and O–H groups in total. The molecule has 0 fully saturated rings. The van der Waals surface area contributed by atoms with Crippen LogP contribution in [-0.4, -0.2) is 31.7 Å². The number of methoxy groups -OCH3 is 2. The maximum atomic E-state index is 12.6. The number of thiazole rings is 1. The number of benzene rings is 2. The molecule has 29 heavy (non-hydrogen) atoms. The Bertz CT molecular complexity index is 1110. The van der Waals surface area contributed by atoms with Crippen molar-refractivity contribution in [2.45, 2.75) is 6.92 Å². The van der Waals surface area contributed by atoms with Gasteiger partial charge in [-0.05, 0) is 48.9 Å². The number of nitriles is 1. The number of hydrogen-bond donors (Lipinski definition) is 1. The largest absolute Gasteiger partial charge is 0.497 e. The predicted octanol–water partition coefficient (Wildman–Crippen LogP) is 4.26. The molecule has 2 aromatic carbocycles. The lowest BCUT2D eigenvalue weighted by Crippen LogP contribution is -2.13. The molecule has 148 valence electrons. The molecule has 0 bridgehead atoms. The molecule has 0 saturated heterocycles. The fourth-order valence-electron chi connectivity index (χ4n) is 2.61. The summed E-state index contributed by atoms with van der Waals surface area (Å²) >= 11 is 1.31. The van der Waals surface area contributed by atoms with E-state index in [0.717, 1.165) is 10.2 Å². The Labute approximate surface area is 172 Å². The number of amides is 1. The van der Waals surface area contributed by atoms with E-state index in [1.54, 1.807) is 31.4 Å². The number of nitrogens with zero attached hydrogens (tertiary/aromatic N) is 2. The number of ether oxygens (including phenoxy) is 3. The second-order valence-corrected chi connectivity index (χ2v) is 6.85. The van der Waals surface area contributed by atoms with Crippen molar-refractivity contribution in [1.29, 1.82) is 5.26 Å². The first-order valence-corrected chi connectivity index (χ1v) is 9.58. The van der Waals surface area contributed by atoms with Gasteiger partial charge < -0.3 is 14.2 Å². The first-order valence-electron chi connectivity index (χ1n) is 8.76. The lowest BCUT2D eigenvalue weighted by atomic mass is 10.1. The molecule has 8 heteroatoms. The second kappa shape index (κ2) is 9.08. The summed E-state index contributed by atoms with van der Waals surface area (Å²) in [5, 5.41) is 12.5. The molecule has 0 aliphatic carbocycles. The molecule has 0 aliphatic heterocycles. The topological polar surface area (TPSA) is 93.5 Å². The lowest BCUT2D eigenvalue weighted by molar-refractivity contribution is -0.112. The average molecular weight is 409 g/mol. The third kappa shape index (κ3) is 4.65. The minimum atomic E-state index is -0.536. The number of carbonyl (C=O) groups is 1. The molecular formula is C21H19N3O4S. The summed E-state index contributed by atoms with van der Waals surface area (Å²) in [4.78, 5) is 16.9. The van der Waals surface area contributed by atoms with E-state index in [1.807, 2.05) is 25.1 Å². The Morgan fingerprint density at radius 1 is 1.21 bits per heavy atom. The fourth-order valence-corrected chi connectivity index (χ4v) is 3.50. The van der Waals surface area contributed by atoms with Gasteiger partial charge in [-0.1, -0.05) is 17.4 Å². The minimum absolute atomic E-state index is 0.0481. The van der Waals surface area contributed by atoms with E-state index in [2.05, 4.69) is 10.3 Å². The van der Waals surface area contributed by atoms with Crippen LogP contribution in [0.15, 0.2) is 42.0 Å². The molecule has 0 atom stereocenters.